The van der Waals surface area contributed by atoms with Crippen LogP contribution < -0.4 is 5.73 Å². The quantitative estimate of drug-likeness (QED) is 0.896. The molecule has 0 bridgehead atoms. The van der Waals surface area contributed by atoms with Gasteiger partial charge in [0.1, 0.15) is 12.0 Å². The highest BCUT2D eigenvalue weighted by Crippen LogP contribution is 2.32. The molecule has 18 heavy (non-hydrogen) atoms. The first kappa shape index (κ1) is 12.5. The third-order valence-electron chi connectivity index (χ3n) is 2.78. The summed E-state index contributed by atoms with van der Waals surface area (Å²) in [5.41, 5.74) is 5.92. The second-order valence-corrected chi connectivity index (χ2v) is 4.05. The second-order valence-electron chi connectivity index (χ2n) is 4.05. The van der Waals surface area contributed by atoms with E-state index in [0.29, 0.717) is 0 Å². The van der Waals surface area contributed by atoms with Gasteiger partial charge in [0.25, 0.3) is 0 Å². The Labute approximate surface area is 102 Å². The Morgan fingerprint density at radius 2 is 1.94 bits per heavy atom. The van der Waals surface area contributed by atoms with Gasteiger partial charge in [-0.1, -0.05) is 0 Å². The topological polar surface area (TPSA) is 43.8 Å². The molecule has 0 saturated carbocycles. The van der Waals surface area contributed by atoms with E-state index in [4.69, 9.17) is 5.73 Å². The number of hydrogen-bond acceptors (Lipinski definition) is 2. The molecule has 2 N–H and O–H groups in total. The van der Waals surface area contributed by atoms with E-state index in [1.54, 1.807) is 7.05 Å². The number of benzene rings is 1. The highest BCUT2D eigenvalue weighted by molar-refractivity contribution is 5.74. The molecule has 0 aliphatic carbocycles. The number of hydrogen-bond donors (Lipinski definition) is 1. The van der Waals surface area contributed by atoms with Gasteiger partial charge in [-0.2, -0.15) is 5.10 Å². The fourth-order valence-corrected chi connectivity index (χ4v) is 1.69. The first-order valence-corrected chi connectivity index (χ1v) is 5.32. The SMILES string of the molecule is CC(F)c1cc(F)c(F)c(-c2cnn(C)c2N)c1. The molecule has 1 aromatic carbocycles. The van der Waals surface area contributed by atoms with E-state index in [9.17, 15) is 13.2 Å². The van der Waals surface area contributed by atoms with Crippen molar-refractivity contribution in [2.24, 2.45) is 7.05 Å². The summed E-state index contributed by atoms with van der Waals surface area (Å²) < 4.78 is 41.7. The van der Waals surface area contributed by atoms with Crippen LogP contribution in [-0.4, -0.2) is 9.78 Å². The van der Waals surface area contributed by atoms with Gasteiger partial charge in [0.2, 0.25) is 0 Å². The molecule has 6 heteroatoms. The fourth-order valence-electron chi connectivity index (χ4n) is 1.69. The largest absolute Gasteiger partial charge is 0.383 e. The van der Waals surface area contributed by atoms with Crippen molar-refractivity contribution in [2.75, 3.05) is 5.73 Å². The van der Waals surface area contributed by atoms with Crippen molar-refractivity contribution in [3.05, 3.63) is 35.5 Å². The lowest BCUT2D eigenvalue weighted by molar-refractivity contribution is 0.371. The Hall–Kier alpha value is -1.98. The molecule has 3 nitrogen and oxygen atoms in total. The number of alkyl halides is 1. The zero-order chi connectivity index (χ0) is 13.4. The number of halogens is 3. The Kier molecular flexibility index (Phi) is 3.02. The van der Waals surface area contributed by atoms with Crippen LogP contribution in [0.15, 0.2) is 18.3 Å². The maximum absolute atomic E-state index is 13.7. The van der Waals surface area contributed by atoms with E-state index in [1.165, 1.54) is 23.9 Å². The molecule has 1 aromatic heterocycles. The summed E-state index contributed by atoms with van der Waals surface area (Å²) in [6.45, 7) is 1.25. The minimum Gasteiger partial charge on any atom is -0.383 e. The first-order chi connectivity index (χ1) is 8.41. The Morgan fingerprint density at radius 1 is 1.28 bits per heavy atom. The maximum atomic E-state index is 13.7. The van der Waals surface area contributed by atoms with Crippen molar-refractivity contribution in [3.8, 4) is 11.1 Å². The zero-order valence-electron chi connectivity index (χ0n) is 9.92. The van der Waals surface area contributed by atoms with Crippen LogP contribution >= 0.6 is 0 Å². The fraction of sp³-hybridized carbons (Fsp3) is 0.250. The summed E-state index contributed by atoms with van der Waals surface area (Å²) in [7, 11) is 1.58. The van der Waals surface area contributed by atoms with Gasteiger partial charge in [0.15, 0.2) is 11.6 Å². The summed E-state index contributed by atoms with van der Waals surface area (Å²) in [5.74, 6) is -1.97. The van der Waals surface area contributed by atoms with E-state index in [1.807, 2.05) is 0 Å². The van der Waals surface area contributed by atoms with Gasteiger partial charge in [-0.25, -0.2) is 13.2 Å². The van der Waals surface area contributed by atoms with Gasteiger partial charge in [-0.3, -0.25) is 4.68 Å². The Balaban J connectivity index is 2.67. The smallest absolute Gasteiger partial charge is 0.166 e. The molecule has 0 spiro atoms. The molecule has 2 aromatic rings. The van der Waals surface area contributed by atoms with Gasteiger partial charge in [-0.05, 0) is 24.6 Å². The van der Waals surface area contributed by atoms with Crippen LogP contribution in [0.3, 0.4) is 0 Å². The molecule has 0 aliphatic heterocycles. The summed E-state index contributed by atoms with van der Waals surface area (Å²) >= 11 is 0. The molecule has 0 aliphatic rings. The van der Waals surface area contributed by atoms with E-state index in [2.05, 4.69) is 5.10 Å². The minimum atomic E-state index is -1.39. The van der Waals surface area contributed by atoms with Crippen LogP contribution in [0.2, 0.25) is 0 Å². The molecule has 96 valence electrons. The average molecular weight is 255 g/mol. The van der Waals surface area contributed by atoms with E-state index in [0.717, 1.165) is 6.07 Å². The normalized spacial score (nSPS) is 12.7. The lowest BCUT2D eigenvalue weighted by Gasteiger charge is -2.08. The Bertz CT molecular complexity index is 590. The molecule has 0 radical (unpaired) electrons. The van der Waals surface area contributed by atoms with E-state index in [-0.39, 0.29) is 22.5 Å². The number of nitrogen functional groups attached to an aromatic ring is 1. The first-order valence-electron chi connectivity index (χ1n) is 5.32. The third kappa shape index (κ3) is 1.94. The molecular formula is C12H12F3N3. The Morgan fingerprint density at radius 3 is 2.44 bits per heavy atom. The van der Waals surface area contributed by atoms with E-state index >= 15 is 0 Å². The summed E-state index contributed by atoms with van der Waals surface area (Å²) in [4.78, 5) is 0. The van der Waals surface area contributed by atoms with Gasteiger partial charge < -0.3 is 5.73 Å². The minimum absolute atomic E-state index is 0.0622. The molecule has 0 saturated heterocycles. The number of nitrogens with two attached hydrogens (primary N) is 1. The number of aromatic nitrogens is 2. The van der Waals surface area contributed by atoms with E-state index < -0.39 is 17.8 Å². The van der Waals surface area contributed by atoms with Crippen molar-refractivity contribution >= 4 is 5.82 Å². The highest BCUT2D eigenvalue weighted by Gasteiger charge is 2.18. The average Bonchev–Trinajstić information content (AvgIpc) is 2.63. The van der Waals surface area contributed by atoms with Crippen molar-refractivity contribution in [2.45, 2.75) is 13.1 Å². The lowest BCUT2D eigenvalue weighted by Crippen LogP contribution is -2.00. The predicted octanol–water partition coefficient (Wildman–Crippen LogP) is 2.98. The summed E-state index contributed by atoms with van der Waals surface area (Å²) in [6, 6.07) is 2.09. The number of anilines is 1. The van der Waals surface area contributed by atoms with Crippen molar-refractivity contribution < 1.29 is 13.2 Å². The molecule has 0 fully saturated rings. The van der Waals surface area contributed by atoms with Crippen LogP contribution in [0.1, 0.15) is 18.7 Å². The lowest BCUT2D eigenvalue weighted by atomic mass is 10.0. The number of rotatable bonds is 2. The monoisotopic (exact) mass is 255 g/mol. The van der Waals surface area contributed by atoms with Gasteiger partial charge in [0, 0.05) is 18.2 Å². The number of aryl methyl sites for hydroxylation is 1. The second kappa shape index (κ2) is 4.36. The molecule has 1 unspecified atom stereocenters. The van der Waals surface area contributed by atoms with Crippen LogP contribution in [0.5, 0.6) is 0 Å². The summed E-state index contributed by atoms with van der Waals surface area (Å²) in [6.07, 6.45) is -0.0726. The van der Waals surface area contributed by atoms with Crippen LogP contribution in [-0.2, 0) is 7.05 Å². The number of nitrogens with zero attached hydrogens (tertiary/aromatic N) is 2. The third-order valence-corrected chi connectivity index (χ3v) is 2.78. The van der Waals surface area contributed by atoms with Gasteiger partial charge >= 0.3 is 0 Å². The predicted molar refractivity (Wildman–Crippen MR) is 62.5 cm³/mol. The highest BCUT2D eigenvalue weighted by atomic mass is 19.2. The molecular weight excluding hydrogens is 243 g/mol. The molecule has 2 rings (SSSR count). The van der Waals surface area contributed by atoms with Gasteiger partial charge in [0.05, 0.1) is 6.20 Å². The van der Waals surface area contributed by atoms with Crippen molar-refractivity contribution in [1.29, 1.82) is 0 Å². The van der Waals surface area contributed by atoms with Crippen molar-refractivity contribution in [3.63, 3.8) is 0 Å². The van der Waals surface area contributed by atoms with Crippen LogP contribution in [0.25, 0.3) is 11.1 Å². The standard InChI is InChI=1S/C12H12F3N3/c1-6(13)7-3-8(11(15)10(14)4-7)9-5-17-18(2)12(9)16/h3-6H,16H2,1-2H3. The zero-order valence-corrected chi connectivity index (χ0v) is 9.92. The van der Waals surface area contributed by atoms with Crippen molar-refractivity contribution in [1.82, 2.24) is 9.78 Å². The molecule has 0 amide bonds. The van der Waals surface area contributed by atoms with Gasteiger partial charge in [-0.15, -0.1) is 0 Å². The maximum Gasteiger partial charge on any atom is 0.166 e. The molecule has 1 heterocycles. The van der Waals surface area contributed by atoms with Crippen LogP contribution in [0.4, 0.5) is 19.0 Å². The summed E-state index contributed by atoms with van der Waals surface area (Å²) in [5, 5.41) is 3.85. The molecule has 1 atom stereocenters. The van der Waals surface area contributed by atoms with Crippen LogP contribution in [0, 0.1) is 11.6 Å².